The van der Waals surface area contributed by atoms with Crippen LogP contribution in [0.4, 0.5) is 0 Å². The highest BCUT2D eigenvalue weighted by atomic mass is 16.4. The molecule has 0 saturated carbocycles. The van der Waals surface area contributed by atoms with Crippen LogP contribution >= 0.6 is 0 Å². The second-order valence-corrected chi connectivity index (χ2v) is 7.80. The molecule has 0 heterocycles. The Kier molecular flexibility index (Phi) is 6.34. The van der Waals surface area contributed by atoms with Gasteiger partial charge in [-0.1, -0.05) is 72.8 Å². The number of aromatic carboxylic acids is 4. The van der Waals surface area contributed by atoms with Crippen LogP contribution in [0.3, 0.4) is 0 Å². The first-order valence-electron chi connectivity index (χ1n) is 10.6. The molecule has 0 atom stereocenters. The predicted octanol–water partition coefficient (Wildman–Crippen LogP) is 5.63. The van der Waals surface area contributed by atoms with E-state index in [1.165, 1.54) is 12.1 Å². The van der Waals surface area contributed by atoms with Gasteiger partial charge in [-0.05, 0) is 44.5 Å². The molecule has 0 amide bonds. The summed E-state index contributed by atoms with van der Waals surface area (Å²) < 4.78 is 0. The van der Waals surface area contributed by atoms with Crippen molar-refractivity contribution in [3.63, 3.8) is 0 Å². The van der Waals surface area contributed by atoms with Crippen LogP contribution in [0.25, 0.3) is 32.3 Å². The molecule has 0 aromatic heterocycles. The zero-order valence-corrected chi connectivity index (χ0v) is 18.5. The van der Waals surface area contributed by atoms with Crippen LogP contribution in [0.5, 0.6) is 0 Å². The number of hydrogen-bond donors (Lipinski definition) is 4. The normalized spacial score (nSPS) is 10.6. The van der Waals surface area contributed by atoms with Crippen LogP contribution in [0, 0.1) is 0 Å². The summed E-state index contributed by atoms with van der Waals surface area (Å²) in [6.07, 6.45) is 0. The van der Waals surface area contributed by atoms with Gasteiger partial charge in [-0.3, -0.25) is 0 Å². The van der Waals surface area contributed by atoms with Crippen molar-refractivity contribution in [2.75, 3.05) is 0 Å². The summed E-state index contributed by atoms with van der Waals surface area (Å²) in [4.78, 5) is 44.6. The number of carbonyl (C=O) groups is 4. The largest absolute Gasteiger partial charge is 0.478 e. The van der Waals surface area contributed by atoms with Crippen molar-refractivity contribution in [1.29, 1.82) is 0 Å². The first kappa shape index (κ1) is 23.9. The third kappa shape index (κ3) is 4.30. The van der Waals surface area contributed by atoms with E-state index in [-0.39, 0.29) is 22.3 Å². The van der Waals surface area contributed by atoms with Gasteiger partial charge >= 0.3 is 23.9 Å². The molecule has 0 saturated heterocycles. The molecule has 5 aromatic carbocycles. The third-order valence-electron chi connectivity index (χ3n) is 5.74. The fourth-order valence-electron chi connectivity index (χ4n) is 4.18. The summed E-state index contributed by atoms with van der Waals surface area (Å²) in [5.41, 5.74) is -0.710. The van der Waals surface area contributed by atoms with Gasteiger partial charge in [-0.15, -0.1) is 0 Å². The molecule has 0 aliphatic heterocycles. The van der Waals surface area contributed by atoms with Crippen molar-refractivity contribution in [1.82, 2.24) is 0 Å². The minimum atomic E-state index is -1.24. The highest BCUT2D eigenvalue weighted by Gasteiger charge is 2.20. The van der Waals surface area contributed by atoms with Gasteiger partial charge in [0.1, 0.15) is 0 Å². The Labute approximate surface area is 203 Å². The number of carboxylic acid groups (broad SMARTS) is 4. The average molecular weight is 482 g/mol. The molecule has 0 fully saturated rings. The fourth-order valence-corrected chi connectivity index (χ4v) is 4.18. The molecule has 8 nitrogen and oxygen atoms in total. The van der Waals surface area contributed by atoms with Crippen LogP contribution in [0.15, 0.2) is 84.9 Å². The minimum Gasteiger partial charge on any atom is -0.478 e. The molecular weight excluding hydrogens is 464 g/mol. The third-order valence-corrected chi connectivity index (χ3v) is 5.74. The number of fused-ring (bicyclic) bond motifs is 4. The van der Waals surface area contributed by atoms with Crippen LogP contribution in [0.1, 0.15) is 41.4 Å². The first-order valence-corrected chi connectivity index (χ1v) is 10.6. The molecule has 0 radical (unpaired) electrons. The standard InChI is InChI=1S/C16H10O4.C12H8O4/c17-15(18)13-8-7-11-10-4-2-1-3-9(10)5-6-12(11)14(13)16(19)20;13-11(14)9-6-5-7-3-1-2-4-8(7)10(9)12(15)16/h1-8H,(H,17,18)(H,19,20);1-6H,(H,13,14)(H,15,16). The SMILES string of the molecule is O=C(O)c1ccc2c(ccc3ccccc32)c1C(=O)O.O=C(O)c1ccc2ccccc2c1C(=O)O. The van der Waals surface area contributed by atoms with E-state index in [1.807, 2.05) is 24.3 Å². The summed E-state index contributed by atoms with van der Waals surface area (Å²) in [5, 5.41) is 40.6. The van der Waals surface area contributed by atoms with Gasteiger partial charge in [0.15, 0.2) is 0 Å². The van der Waals surface area contributed by atoms with Crippen molar-refractivity contribution in [3.05, 3.63) is 107 Å². The molecule has 0 unspecified atom stereocenters. The summed E-state index contributed by atoms with van der Waals surface area (Å²) >= 11 is 0. The molecule has 4 N–H and O–H groups in total. The smallest absolute Gasteiger partial charge is 0.337 e. The lowest BCUT2D eigenvalue weighted by Crippen LogP contribution is -2.08. The van der Waals surface area contributed by atoms with Crippen LogP contribution in [-0.4, -0.2) is 44.3 Å². The van der Waals surface area contributed by atoms with Gasteiger partial charge in [-0.2, -0.15) is 0 Å². The molecule has 0 spiro atoms. The summed E-state index contributed by atoms with van der Waals surface area (Å²) in [7, 11) is 0. The number of rotatable bonds is 4. The molecule has 8 heteroatoms. The molecule has 36 heavy (non-hydrogen) atoms. The van der Waals surface area contributed by atoms with Crippen molar-refractivity contribution in [2.24, 2.45) is 0 Å². The lowest BCUT2D eigenvalue weighted by molar-refractivity contribution is 0.0653. The van der Waals surface area contributed by atoms with Crippen molar-refractivity contribution < 1.29 is 39.6 Å². The molecule has 5 aromatic rings. The second-order valence-electron chi connectivity index (χ2n) is 7.80. The van der Waals surface area contributed by atoms with Gasteiger partial charge in [0.25, 0.3) is 0 Å². The molecule has 0 bridgehead atoms. The number of carboxylic acids is 4. The average Bonchev–Trinajstić information content (AvgIpc) is 2.87. The van der Waals surface area contributed by atoms with E-state index in [9.17, 15) is 24.3 Å². The molecule has 0 aliphatic carbocycles. The molecule has 0 aliphatic rings. The number of hydrogen-bond acceptors (Lipinski definition) is 4. The summed E-state index contributed by atoms with van der Waals surface area (Å²) in [5.74, 6) is -4.93. The quantitative estimate of drug-likeness (QED) is 0.241. The van der Waals surface area contributed by atoms with Gasteiger partial charge < -0.3 is 20.4 Å². The van der Waals surface area contributed by atoms with Crippen LogP contribution < -0.4 is 0 Å². The van der Waals surface area contributed by atoms with Crippen LogP contribution in [-0.2, 0) is 0 Å². The van der Waals surface area contributed by atoms with E-state index < -0.39 is 23.9 Å². The lowest BCUT2D eigenvalue weighted by atomic mass is 9.95. The minimum absolute atomic E-state index is 0.161. The van der Waals surface area contributed by atoms with Crippen molar-refractivity contribution >= 4 is 56.2 Å². The molecule has 178 valence electrons. The maximum atomic E-state index is 11.4. The van der Waals surface area contributed by atoms with E-state index in [0.717, 1.165) is 16.2 Å². The zero-order chi connectivity index (χ0) is 26.0. The maximum Gasteiger partial charge on any atom is 0.337 e. The van der Waals surface area contributed by atoms with E-state index in [0.29, 0.717) is 16.2 Å². The predicted molar refractivity (Wildman–Crippen MR) is 133 cm³/mol. The monoisotopic (exact) mass is 482 g/mol. The molecular formula is C28H18O8. The Morgan fingerprint density at radius 3 is 1.36 bits per heavy atom. The Morgan fingerprint density at radius 1 is 0.389 bits per heavy atom. The zero-order valence-electron chi connectivity index (χ0n) is 18.5. The van der Waals surface area contributed by atoms with E-state index in [1.54, 1.807) is 48.5 Å². The van der Waals surface area contributed by atoms with Gasteiger partial charge in [-0.25, -0.2) is 19.2 Å². The Bertz CT molecular complexity index is 1700. The van der Waals surface area contributed by atoms with E-state index in [2.05, 4.69) is 0 Å². The fraction of sp³-hybridized carbons (Fsp3) is 0. The lowest BCUT2D eigenvalue weighted by Gasteiger charge is -2.09. The Morgan fingerprint density at radius 2 is 0.806 bits per heavy atom. The van der Waals surface area contributed by atoms with Gasteiger partial charge in [0.2, 0.25) is 0 Å². The highest BCUT2D eigenvalue weighted by molar-refractivity contribution is 6.18. The van der Waals surface area contributed by atoms with Crippen molar-refractivity contribution in [3.8, 4) is 0 Å². The maximum absolute atomic E-state index is 11.4. The van der Waals surface area contributed by atoms with E-state index >= 15 is 0 Å². The number of benzene rings is 5. The molecule has 5 rings (SSSR count). The Balaban J connectivity index is 0.000000174. The topological polar surface area (TPSA) is 149 Å². The van der Waals surface area contributed by atoms with Gasteiger partial charge in [0, 0.05) is 0 Å². The van der Waals surface area contributed by atoms with Crippen LogP contribution in [0.2, 0.25) is 0 Å². The summed E-state index contributed by atoms with van der Waals surface area (Å²) in [6.45, 7) is 0. The summed E-state index contributed by atoms with van der Waals surface area (Å²) in [6, 6.07) is 23.8. The van der Waals surface area contributed by atoms with E-state index in [4.69, 9.17) is 15.3 Å². The Hall–Kier alpha value is -5.24. The first-order chi connectivity index (χ1) is 17.2. The van der Waals surface area contributed by atoms with Crippen molar-refractivity contribution in [2.45, 2.75) is 0 Å². The van der Waals surface area contributed by atoms with Gasteiger partial charge in [0.05, 0.1) is 22.3 Å². The second kappa shape index (κ2) is 9.55. The highest BCUT2D eigenvalue weighted by Crippen LogP contribution is 2.30.